The highest BCUT2D eigenvalue weighted by atomic mass is 32.2. The average molecular weight is 574 g/mol. The average Bonchev–Trinajstić information content (AvgIpc) is 3.30. The van der Waals surface area contributed by atoms with Gasteiger partial charge in [0.25, 0.3) is 5.91 Å². The maximum absolute atomic E-state index is 13.1. The molecule has 3 aromatic carbocycles. The number of hydrogen-bond donors (Lipinski definition) is 0. The van der Waals surface area contributed by atoms with Gasteiger partial charge in [-0.2, -0.15) is 26.6 Å². The van der Waals surface area contributed by atoms with E-state index >= 15 is 0 Å². The molecule has 7 nitrogen and oxygen atoms in total. The summed E-state index contributed by atoms with van der Waals surface area (Å²) in [6.45, 7) is 1.86. The molecule has 0 spiro atoms. The fraction of sp³-hybridized carbons (Fsp3) is 0.185. The molecule has 12 heteroatoms. The van der Waals surface area contributed by atoms with E-state index in [0.717, 1.165) is 23.9 Å². The van der Waals surface area contributed by atoms with Crippen molar-refractivity contribution in [2.75, 3.05) is 31.1 Å². The maximum atomic E-state index is 13.1. The lowest BCUT2D eigenvalue weighted by Gasteiger charge is -2.36. The number of carbonyl (C=O) groups is 1. The Morgan fingerprint density at radius 3 is 2.26 bits per heavy atom. The number of nitrogens with zero attached hydrogens (tertiary/aromatic N) is 3. The van der Waals surface area contributed by atoms with Crippen molar-refractivity contribution >= 4 is 44.7 Å². The summed E-state index contributed by atoms with van der Waals surface area (Å²) in [5.74, 6) is -0.388. The van der Waals surface area contributed by atoms with Gasteiger partial charge in [-0.05, 0) is 54.2 Å². The zero-order valence-electron chi connectivity index (χ0n) is 20.3. The second kappa shape index (κ2) is 10.8. The Morgan fingerprint density at radius 1 is 0.872 bits per heavy atom. The zero-order chi connectivity index (χ0) is 27.6. The number of para-hydroxylation sites is 1. The Kier molecular flexibility index (Phi) is 7.41. The van der Waals surface area contributed by atoms with Crippen LogP contribution in [0.15, 0.2) is 93.7 Å². The predicted octanol–water partition coefficient (Wildman–Crippen LogP) is 5.27. The van der Waals surface area contributed by atoms with E-state index in [1.165, 1.54) is 30.3 Å². The van der Waals surface area contributed by atoms with Crippen LogP contribution < -0.4 is 9.08 Å². The summed E-state index contributed by atoms with van der Waals surface area (Å²) in [6, 6.07) is 19.4. The third-order valence-electron chi connectivity index (χ3n) is 6.14. The summed E-state index contributed by atoms with van der Waals surface area (Å²) >= 11 is 1.16. The van der Waals surface area contributed by atoms with Gasteiger partial charge in [-0.3, -0.25) is 4.79 Å². The number of rotatable bonds is 5. The molecule has 0 aliphatic carbocycles. The van der Waals surface area contributed by atoms with E-state index < -0.39 is 27.8 Å². The van der Waals surface area contributed by atoms with Crippen molar-refractivity contribution in [2.24, 2.45) is 4.99 Å². The van der Waals surface area contributed by atoms with Crippen LogP contribution in [-0.2, 0) is 21.1 Å². The summed E-state index contributed by atoms with van der Waals surface area (Å²) in [4.78, 5) is 20.9. The number of halogens is 3. The van der Waals surface area contributed by atoms with Crippen LogP contribution in [0.25, 0.3) is 6.08 Å². The standard InChI is InChI=1S/C27H22F3N3O4S2/c28-27(29,30)20-8-6-9-21(18-20)32-13-15-33(16-14-32)26-31-25(34)24(38-26)17-19-7-4-5-12-23(19)37-39(35,36)22-10-2-1-3-11-22/h1-12,17-18H,13-16H2/b24-17+. The van der Waals surface area contributed by atoms with Crippen molar-refractivity contribution in [3.63, 3.8) is 0 Å². The maximum Gasteiger partial charge on any atom is 0.416 e. The molecule has 1 saturated heterocycles. The molecule has 2 aliphatic rings. The van der Waals surface area contributed by atoms with Gasteiger partial charge < -0.3 is 14.0 Å². The van der Waals surface area contributed by atoms with Crippen molar-refractivity contribution in [1.29, 1.82) is 0 Å². The number of aliphatic imine (C=N–C) groups is 1. The van der Waals surface area contributed by atoms with Crippen LogP contribution >= 0.6 is 11.8 Å². The molecular weight excluding hydrogens is 551 g/mol. The van der Waals surface area contributed by atoms with E-state index in [2.05, 4.69) is 4.99 Å². The molecule has 0 radical (unpaired) electrons. The summed E-state index contributed by atoms with van der Waals surface area (Å²) in [7, 11) is -4.07. The number of thioether (sulfide) groups is 1. The van der Waals surface area contributed by atoms with Crippen LogP contribution in [0.5, 0.6) is 5.75 Å². The number of hydrogen-bond acceptors (Lipinski definition) is 7. The molecule has 3 aromatic rings. The van der Waals surface area contributed by atoms with Gasteiger partial charge in [0.05, 0.1) is 10.5 Å². The molecule has 1 amide bonds. The first-order valence-corrected chi connectivity index (χ1v) is 14.1. The number of carbonyl (C=O) groups excluding carboxylic acids is 1. The molecule has 0 unspecified atom stereocenters. The summed E-state index contributed by atoms with van der Waals surface area (Å²) < 4.78 is 70.1. The lowest BCUT2D eigenvalue weighted by molar-refractivity contribution is -0.137. The largest absolute Gasteiger partial charge is 0.416 e. The van der Waals surface area contributed by atoms with Crippen molar-refractivity contribution in [1.82, 2.24) is 4.90 Å². The molecule has 5 rings (SSSR count). The SMILES string of the molecule is O=C1N=C(N2CCN(c3cccc(C(F)(F)F)c3)CC2)S/C1=C/c1ccccc1OS(=O)(=O)c1ccccc1. The molecule has 1 fully saturated rings. The van der Waals surface area contributed by atoms with Crippen molar-refractivity contribution < 1.29 is 30.6 Å². The minimum Gasteiger partial charge on any atom is -0.378 e. The molecule has 202 valence electrons. The van der Waals surface area contributed by atoms with Crippen molar-refractivity contribution in [3.05, 3.63) is 94.9 Å². The van der Waals surface area contributed by atoms with Crippen LogP contribution in [0.2, 0.25) is 0 Å². The highest BCUT2D eigenvalue weighted by Gasteiger charge is 2.32. The monoisotopic (exact) mass is 573 g/mol. The highest BCUT2D eigenvalue weighted by Crippen LogP contribution is 2.35. The fourth-order valence-corrected chi connectivity index (χ4v) is 6.07. The number of anilines is 1. The normalized spacial score (nSPS) is 17.5. The minimum atomic E-state index is -4.41. The van der Waals surface area contributed by atoms with Gasteiger partial charge in [0.2, 0.25) is 0 Å². The number of benzene rings is 3. The van der Waals surface area contributed by atoms with Crippen LogP contribution in [0.3, 0.4) is 0 Å². The van der Waals surface area contributed by atoms with Gasteiger partial charge in [0.1, 0.15) is 10.6 Å². The predicted molar refractivity (Wildman–Crippen MR) is 144 cm³/mol. The van der Waals surface area contributed by atoms with Crippen LogP contribution in [0, 0.1) is 0 Å². The van der Waals surface area contributed by atoms with E-state index in [4.69, 9.17) is 4.18 Å². The molecule has 0 bridgehead atoms. The third-order valence-corrected chi connectivity index (χ3v) is 8.43. The lowest BCUT2D eigenvalue weighted by Crippen LogP contribution is -2.47. The number of amides is 1. The van der Waals surface area contributed by atoms with Gasteiger partial charge >= 0.3 is 16.3 Å². The Balaban J connectivity index is 1.26. The zero-order valence-corrected chi connectivity index (χ0v) is 22.0. The Labute approximate surface area is 227 Å². The summed E-state index contributed by atoms with van der Waals surface area (Å²) in [5, 5.41) is 0.491. The van der Waals surface area contributed by atoms with E-state index in [9.17, 15) is 26.4 Å². The van der Waals surface area contributed by atoms with E-state index in [0.29, 0.717) is 47.5 Å². The second-order valence-electron chi connectivity index (χ2n) is 8.72. The van der Waals surface area contributed by atoms with Crippen molar-refractivity contribution in [3.8, 4) is 5.75 Å². The van der Waals surface area contributed by atoms with E-state index in [1.54, 1.807) is 42.5 Å². The number of piperazine rings is 1. The van der Waals surface area contributed by atoms with Gasteiger partial charge in [0.15, 0.2) is 5.17 Å². The van der Waals surface area contributed by atoms with Gasteiger partial charge in [-0.15, -0.1) is 0 Å². The minimum absolute atomic E-state index is 0.00803. The molecule has 0 atom stereocenters. The summed E-state index contributed by atoms with van der Waals surface area (Å²) in [6.07, 6.45) is -2.87. The second-order valence-corrected chi connectivity index (χ2v) is 11.3. The molecular formula is C27H22F3N3O4S2. The smallest absolute Gasteiger partial charge is 0.378 e. The number of alkyl halides is 3. The van der Waals surface area contributed by atoms with Gasteiger partial charge in [-0.25, -0.2) is 0 Å². The molecule has 0 aromatic heterocycles. The molecule has 0 saturated carbocycles. The Morgan fingerprint density at radius 2 is 1.54 bits per heavy atom. The summed E-state index contributed by atoms with van der Waals surface area (Å²) in [5.41, 5.74) is 0.197. The van der Waals surface area contributed by atoms with Crippen molar-refractivity contribution in [2.45, 2.75) is 11.1 Å². The first-order chi connectivity index (χ1) is 18.6. The first kappa shape index (κ1) is 26.8. The molecule has 0 N–H and O–H groups in total. The Hall–Kier alpha value is -3.77. The van der Waals surface area contributed by atoms with E-state index in [1.807, 2.05) is 9.80 Å². The lowest BCUT2D eigenvalue weighted by atomic mass is 10.1. The van der Waals surface area contributed by atoms with Crippen LogP contribution in [-0.4, -0.2) is 50.6 Å². The third kappa shape index (κ3) is 6.12. The Bertz CT molecular complexity index is 1550. The quantitative estimate of drug-likeness (QED) is 0.304. The topological polar surface area (TPSA) is 79.3 Å². The van der Waals surface area contributed by atoms with Crippen LogP contribution in [0.1, 0.15) is 11.1 Å². The van der Waals surface area contributed by atoms with Gasteiger partial charge in [0, 0.05) is 37.4 Å². The highest BCUT2D eigenvalue weighted by molar-refractivity contribution is 8.18. The molecule has 2 heterocycles. The fourth-order valence-electron chi connectivity index (χ4n) is 4.14. The van der Waals surface area contributed by atoms with Crippen LogP contribution in [0.4, 0.5) is 18.9 Å². The molecule has 39 heavy (non-hydrogen) atoms. The van der Waals surface area contributed by atoms with Gasteiger partial charge in [-0.1, -0.05) is 42.5 Å². The first-order valence-electron chi connectivity index (χ1n) is 11.9. The molecule has 2 aliphatic heterocycles. The number of amidine groups is 1. The van der Waals surface area contributed by atoms with E-state index in [-0.39, 0.29) is 10.6 Å².